The number of unbranched alkanes of at least 4 members (excludes halogenated alkanes) is 29. The van der Waals surface area contributed by atoms with Gasteiger partial charge in [0.25, 0.3) is 0 Å². The Kier molecular flexibility index (Phi) is 55.4. The highest BCUT2D eigenvalue weighted by Gasteiger charge is 2.19. The Morgan fingerprint density at radius 2 is 0.521 bits per heavy atom. The zero-order chi connectivity index (χ0) is 51.4. The van der Waals surface area contributed by atoms with Gasteiger partial charge in [0, 0.05) is 19.3 Å². The van der Waals surface area contributed by atoms with E-state index in [4.69, 9.17) is 14.2 Å². The van der Waals surface area contributed by atoms with Gasteiger partial charge in [-0.3, -0.25) is 14.4 Å². The molecule has 6 heteroatoms. The molecule has 0 spiro atoms. The van der Waals surface area contributed by atoms with Crippen LogP contribution in [0.3, 0.4) is 0 Å². The fourth-order valence-electron chi connectivity index (χ4n) is 7.93. The average molecular weight is 986 g/mol. The summed E-state index contributed by atoms with van der Waals surface area (Å²) in [6.07, 6.45) is 79.2. The molecule has 0 radical (unpaired) electrons. The molecule has 0 rings (SSSR count). The molecule has 6 nitrogen and oxygen atoms in total. The standard InChI is InChI=1S/C65H108O6/c1-4-7-10-13-16-19-22-25-28-31-34-37-40-43-46-49-52-55-58-64(67)70-61-62(60-69-63(66)57-54-51-48-45-42-39-36-33-30-27-24-21-18-15-12-9-6-3)71-65(68)59-56-53-50-47-44-41-38-35-32-29-26-23-20-17-14-11-8-5-2/h16-17,19-20,22-23,25-32,34-35,37-38,62H,4-15,18,21,24,33,36,39-61H2,1-3H3/b19-16-,20-17-,25-22-,26-23-,30-27-,31-28-,32-29-,37-34-,38-35-. The highest BCUT2D eigenvalue weighted by molar-refractivity contribution is 5.71. The van der Waals surface area contributed by atoms with E-state index in [1.54, 1.807) is 0 Å². The summed E-state index contributed by atoms with van der Waals surface area (Å²) in [4.78, 5) is 38.2. The van der Waals surface area contributed by atoms with E-state index >= 15 is 0 Å². The molecule has 404 valence electrons. The molecule has 0 aromatic rings. The molecule has 1 unspecified atom stereocenters. The Hall–Kier alpha value is -3.93. The van der Waals surface area contributed by atoms with Crippen LogP contribution in [0.25, 0.3) is 0 Å². The molecule has 0 N–H and O–H groups in total. The second-order valence-corrected chi connectivity index (χ2v) is 19.4. The van der Waals surface area contributed by atoms with E-state index < -0.39 is 6.10 Å². The van der Waals surface area contributed by atoms with E-state index in [0.717, 1.165) is 109 Å². The van der Waals surface area contributed by atoms with Crippen molar-refractivity contribution in [3.05, 3.63) is 109 Å². The van der Waals surface area contributed by atoms with Crippen molar-refractivity contribution >= 4 is 17.9 Å². The number of rotatable bonds is 52. The molecule has 0 aliphatic carbocycles. The zero-order valence-corrected chi connectivity index (χ0v) is 46.2. The molecule has 0 saturated heterocycles. The Balaban J connectivity index is 4.51. The van der Waals surface area contributed by atoms with Gasteiger partial charge in [-0.1, -0.05) is 259 Å². The third-order valence-corrected chi connectivity index (χ3v) is 12.4. The van der Waals surface area contributed by atoms with Crippen molar-refractivity contribution in [3.8, 4) is 0 Å². The lowest BCUT2D eigenvalue weighted by atomic mass is 10.1. The van der Waals surface area contributed by atoms with Gasteiger partial charge in [0.2, 0.25) is 0 Å². The minimum absolute atomic E-state index is 0.0993. The van der Waals surface area contributed by atoms with Crippen LogP contribution < -0.4 is 0 Å². The van der Waals surface area contributed by atoms with Crippen LogP contribution in [-0.2, 0) is 28.6 Å². The molecule has 0 aliphatic rings. The van der Waals surface area contributed by atoms with Crippen LogP contribution >= 0.6 is 0 Å². The summed E-state index contributed by atoms with van der Waals surface area (Å²) < 4.78 is 16.9. The van der Waals surface area contributed by atoms with Gasteiger partial charge in [-0.15, -0.1) is 0 Å². The minimum Gasteiger partial charge on any atom is -0.462 e. The second kappa shape index (κ2) is 58.6. The molecule has 0 aliphatic heterocycles. The SMILES string of the molecule is CCCCC\C=C/C=C\C=C/C=C\CCCCCCCC(=O)OCC(COC(=O)CCCCCCCCC/C=C\CCCCCCCC)OC(=O)CCCCCCC\C=C/C=C\C=C/C=C\CCCCC. The van der Waals surface area contributed by atoms with Crippen molar-refractivity contribution in [3.63, 3.8) is 0 Å². The van der Waals surface area contributed by atoms with Gasteiger partial charge in [0.1, 0.15) is 13.2 Å². The normalized spacial score (nSPS) is 12.9. The Labute approximate surface area is 438 Å². The lowest BCUT2D eigenvalue weighted by Crippen LogP contribution is -2.30. The number of allylic oxidation sites excluding steroid dienone is 18. The number of carbonyl (C=O) groups excluding carboxylic acids is 3. The van der Waals surface area contributed by atoms with E-state index in [0.29, 0.717) is 19.3 Å². The molecule has 0 aromatic heterocycles. The molecule has 0 aromatic carbocycles. The molecule has 71 heavy (non-hydrogen) atoms. The summed E-state index contributed by atoms with van der Waals surface area (Å²) in [6.45, 7) is 6.52. The number of esters is 3. The quantitative estimate of drug-likeness (QED) is 0.0199. The van der Waals surface area contributed by atoms with Crippen LogP contribution in [0.5, 0.6) is 0 Å². The van der Waals surface area contributed by atoms with Gasteiger partial charge in [0.05, 0.1) is 0 Å². The molecule has 1 atom stereocenters. The molecular weight excluding hydrogens is 877 g/mol. The third kappa shape index (κ3) is 56.9. The van der Waals surface area contributed by atoms with Gasteiger partial charge in [-0.05, 0) is 96.3 Å². The summed E-state index contributed by atoms with van der Waals surface area (Å²) >= 11 is 0. The Morgan fingerprint density at radius 3 is 0.859 bits per heavy atom. The predicted octanol–water partition coefficient (Wildman–Crippen LogP) is 19.9. The maximum Gasteiger partial charge on any atom is 0.306 e. The van der Waals surface area contributed by atoms with Crippen molar-refractivity contribution in [1.29, 1.82) is 0 Å². The van der Waals surface area contributed by atoms with E-state index in [1.807, 2.05) is 0 Å². The topological polar surface area (TPSA) is 78.9 Å². The van der Waals surface area contributed by atoms with Crippen LogP contribution in [0.2, 0.25) is 0 Å². The van der Waals surface area contributed by atoms with Gasteiger partial charge >= 0.3 is 17.9 Å². The first-order valence-electron chi connectivity index (χ1n) is 29.5. The summed E-state index contributed by atoms with van der Waals surface area (Å²) in [5, 5.41) is 0. The summed E-state index contributed by atoms with van der Waals surface area (Å²) in [5.74, 6) is -0.947. The highest BCUT2D eigenvalue weighted by atomic mass is 16.6. The second-order valence-electron chi connectivity index (χ2n) is 19.4. The number of hydrogen-bond donors (Lipinski definition) is 0. The number of hydrogen-bond acceptors (Lipinski definition) is 6. The highest BCUT2D eigenvalue weighted by Crippen LogP contribution is 2.14. The molecule has 0 amide bonds. The summed E-state index contributed by atoms with van der Waals surface area (Å²) in [7, 11) is 0. The van der Waals surface area contributed by atoms with Crippen LogP contribution in [0.1, 0.15) is 265 Å². The maximum absolute atomic E-state index is 12.9. The first kappa shape index (κ1) is 67.1. The van der Waals surface area contributed by atoms with Crippen LogP contribution in [0.4, 0.5) is 0 Å². The molecule has 0 bridgehead atoms. The third-order valence-electron chi connectivity index (χ3n) is 12.4. The van der Waals surface area contributed by atoms with E-state index in [-0.39, 0.29) is 31.1 Å². The largest absolute Gasteiger partial charge is 0.462 e. The summed E-state index contributed by atoms with van der Waals surface area (Å²) in [5.41, 5.74) is 0. The van der Waals surface area contributed by atoms with Crippen molar-refractivity contribution in [1.82, 2.24) is 0 Å². The van der Waals surface area contributed by atoms with E-state index in [2.05, 4.69) is 130 Å². The lowest BCUT2D eigenvalue weighted by molar-refractivity contribution is -0.167. The van der Waals surface area contributed by atoms with Crippen molar-refractivity contribution in [2.75, 3.05) is 13.2 Å². The van der Waals surface area contributed by atoms with Crippen LogP contribution in [-0.4, -0.2) is 37.2 Å². The van der Waals surface area contributed by atoms with Gasteiger partial charge < -0.3 is 14.2 Å². The fourth-order valence-corrected chi connectivity index (χ4v) is 7.93. The average Bonchev–Trinajstić information content (AvgIpc) is 3.37. The first-order chi connectivity index (χ1) is 35.0. The van der Waals surface area contributed by atoms with Crippen LogP contribution in [0, 0.1) is 0 Å². The van der Waals surface area contributed by atoms with Gasteiger partial charge in [-0.25, -0.2) is 0 Å². The molecule has 0 saturated carbocycles. The van der Waals surface area contributed by atoms with Crippen molar-refractivity contribution < 1.29 is 28.6 Å². The number of carbonyl (C=O) groups is 3. The van der Waals surface area contributed by atoms with E-state index in [9.17, 15) is 14.4 Å². The van der Waals surface area contributed by atoms with Crippen molar-refractivity contribution in [2.24, 2.45) is 0 Å². The monoisotopic (exact) mass is 985 g/mol. The van der Waals surface area contributed by atoms with Crippen molar-refractivity contribution in [2.45, 2.75) is 271 Å². The minimum atomic E-state index is -0.805. The lowest BCUT2D eigenvalue weighted by Gasteiger charge is -2.18. The van der Waals surface area contributed by atoms with E-state index in [1.165, 1.54) is 116 Å². The zero-order valence-electron chi connectivity index (χ0n) is 46.2. The number of ether oxygens (including phenoxy) is 3. The molecule has 0 fully saturated rings. The predicted molar refractivity (Wildman–Crippen MR) is 307 cm³/mol. The Bertz CT molecular complexity index is 1460. The van der Waals surface area contributed by atoms with Crippen LogP contribution in [0.15, 0.2) is 109 Å². The molecule has 0 heterocycles. The Morgan fingerprint density at radius 1 is 0.282 bits per heavy atom. The van der Waals surface area contributed by atoms with Gasteiger partial charge in [0.15, 0.2) is 6.10 Å². The fraction of sp³-hybridized carbons (Fsp3) is 0.677. The first-order valence-corrected chi connectivity index (χ1v) is 29.5. The van der Waals surface area contributed by atoms with Gasteiger partial charge in [-0.2, -0.15) is 0 Å². The summed E-state index contributed by atoms with van der Waals surface area (Å²) in [6, 6.07) is 0. The smallest absolute Gasteiger partial charge is 0.306 e. The maximum atomic E-state index is 12.9. The molecular formula is C65H108O6.